The van der Waals surface area contributed by atoms with Gasteiger partial charge in [0.15, 0.2) is 0 Å². The number of Topliss-reactive ketones (excluding diaryl/α,β-unsaturated/α-hetero) is 2. The van der Waals surface area contributed by atoms with Crippen molar-refractivity contribution in [1.82, 2.24) is 4.90 Å². The molecule has 0 heterocycles. The maximum Gasteiger partial charge on any atom is 0.453 e. The van der Waals surface area contributed by atoms with E-state index in [1.54, 1.807) is 0 Å². The van der Waals surface area contributed by atoms with Crippen molar-refractivity contribution < 1.29 is 59.0 Å². The molecule has 0 rings (SSSR count). The summed E-state index contributed by atoms with van der Waals surface area (Å²) in [4.78, 5) is 33.5. The molecule has 0 unspecified atom stereocenters. The number of nitrogens with zero attached hydrogens (tertiary/aromatic N) is 1. The maximum absolute atomic E-state index is 13.5. The second kappa shape index (κ2) is 9.78. The standard InChI is InChI=1S/C15H19F8NO5/c1-4-24(5-2)11(27)13(18,19)29-15(22,23)14(20,21)28-12(16,17)10(26)8-6-7-9(3)25/h4-8H2,1-3H3. The lowest BCUT2D eigenvalue weighted by Gasteiger charge is -2.31. The van der Waals surface area contributed by atoms with E-state index in [2.05, 4.69) is 9.47 Å². The summed E-state index contributed by atoms with van der Waals surface area (Å²) < 4.78 is 113. The second-order valence-electron chi connectivity index (χ2n) is 5.73. The van der Waals surface area contributed by atoms with Gasteiger partial charge in [-0.05, 0) is 27.2 Å². The SMILES string of the molecule is CCN(CC)C(=O)C(F)(F)OC(F)(F)C(F)(F)OC(F)(F)C(=O)CCCC(C)=O. The van der Waals surface area contributed by atoms with E-state index < -0.39 is 67.8 Å². The van der Waals surface area contributed by atoms with Crippen molar-refractivity contribution in [1.29, 1.82) is 0 Å². The van der Waals surface area contributed by atoms with Crippen LogP contribution in [0.1, 0.15) is 40.0 Å². The van der Waals surface area contributed by atoms with Gasteiger partial charge in [0.2, 0.25) is 5.78 Å². The highest BCUT2D eigenvalue weighted by Gasteiger charge is 2.69. The number of likely N-dealkylation sites (N-methyl/N-ethyl adjacent to an activating group) is 1. The Morgan fingerprint density at radius 1 is 0.759 bits per heavy atom. The molecule has 1 amide bonds. The number of rotatable bonds is 13. The molecule has 0 N–H and O–H groups in total. The van der Waals surface area contributed by atoms with E-state index in [0.29, 0.717) is 0 Å². The number of ketones is 2. The first-order chi connectivity index (χ1) is 12.9. The molecule has 0 aromatic carbocycles. The van der Waals surface area contributed by atoms with Gasteiger partial charge < -0.3 is 9.69 Å². The van der Waals surface area contributed by atoms with E-state index in [4.69, 9.17) is 0 Å². The Kier molecular flexibility index (Phi) is 9.16. The molecule has 0 saturated carbocycles. The highest BCUT2D eigenvalue weighted by atomic mass is 19.3. The second-order valence-corrected chi connectivity index (χ2v) is 5.73. The Balaban J connectivity index is 5.35. The third-order valence-electron chi connectivity index (χ3n) is 3.41. The predicted molar refractivity (Wildman–Crippen MR) is 79.4 cm³/mol. The van der Waals surface area contributed by atoms with Crippen LogP contribution >= 0.6 is 0 Å². The first-order valence-corrected chi connectivity index (χ1v) is 8.17. The number of alkyl halides is 8. The zero-order chi connectivity index (χ0) is 23.3. The summed E-state index contributed by atoms with van der Waals surface area (Å²) in [5.41, 5.74) is 0. The lowest BCUT2D eigenvalue weighted by Crippen LogP contribution is -2.56. The van der Waals surface area contributed by atoms with E-state index in [9.17, 15) is 49.5 Å². The minimum atomic E-state index is -6.42. The summed E-state index contributed by atoms with van der Waals surface area (Å²) in [6, 6.07) is 0. The molecule has 0 aromatic heterocycles. The number of carbonyl (C=O) groups is 3. The predicted octanol–water partition coefficient (Wildman–Crippen LogP) is 3.59. The van der Waals surface area contributed by atoms with E-state index in [1.807, 2.05) is 0 Å². The summed E-state index contributed by atoms with van der Waals surface area (Å²) in [5.74, 6) is -5.32. The molecule has 14 heteroatoms. The molecule has 0 atom stereocenters. The zero-order valence-corrected chi connectivity index (χ0v) is 15.5. The molecular formula is C15H19F8NO5. The molecule has 0 fully saturated rings. The van der Waals surface area contributed by atoms with Crippen molar-refractivity contribution in [2.75, 3.05) is 13.1 Å². The molecule has 0 aliphatic carbocycles. The van der Waals surface area contributed by atoms with Crippen LogP contribution < -0.4 is 0 Å². The van der Waals surface area contributed by atoms with Crippen LogP contribution in [0.2, 0.25) is 0 Å². The fourth-order valence-electron chi connectivity index (χ4n) is 1.88. The molecule has 0 bridgehead atoms. The molecule has 6 nitrogen and oxygen atoms in total. The number of hydrogen-bond donors (Lipinski definition) is 0. The fraction of sp³-hybridized carbons (Fsp3) is 0.800. The highest BCUT2D eigenvalue weighted by Crippen LogP contribution is 2.44. The van der Waals surface area contributed by atoms with Crippen LogP contribution in [0.3, 0.4) is 0 Å². The zero-order valence-electron chi connectivity index (χ0n) is 15.5. The van der Waals surface area contributed by atoms with Crippen LogP contribution in [0.5, 0.6) is 0 Å². The molecule has 0 spiro atoms. The minimum Gasteiger partial charge on any atom is -0.336 e. The Morgan fingerprint density at radius 3 is 1.55 bits per heavy atom. The average molecular weight is 445 g/mol. The van der Waals surface area contributed by atoms with Crippen LogP contribution in [0.25, 0.3) is 0 Å². The topological polar surface area (TPSA) is 72.9 Å². The molecule has 0 aliphatic rings. The first kappa shape index (κ1) is 27.2. The fourth-order valence-corrected chi connectivity index (χ4v) is 1.88. The Labute approximate surface area is 160 Å². The van der Waals surface area contributed by atoms with E-state index in [0.717, 1.165) is 6.92 Å². The van der Waals surface area contributed by atoms with Crippen LogP contribution in [0, 0.1) is 0 Å². The number of amides is 1. The molecule has 0 radical (unpaired) electrons. The van der Waals surface area contributed by atoms with Crippen LogP contribution in [0.15, 0.2) is 0 Å². The lowest BCUT2D eigenvalue weighted by molar-refractivity contribution is -0.500. The molecular weight excluding hydrogens is 426 g/mol. The van der Waals surface area contributed by atoms with Crippen molar-refractivity contribution in [2.24, 2.45) is 0 Å². The van der Waals surface area contributed by atoms with Gasteiger partial charge in [-0.2, -0.15) is 35.1 Å². The third-order valence-corrected chi connectivity index (χ3v) is 3.41. The summed E-state index contributed by atoms with van der Waals surface area (Å²) in [5, 5.41) is 0. The molecule has 170 valence electrons. The molecule has 0 saturated heterocycles. The third kappa shape index (κ3) is 7.49. The van der Waals surface area contributed by atoms with Gasteiger partial charge in [0, 0.05) is 25.9 Å². The van der Waals surface area contributed by atoms with E-state index in [-0.39, 0.29) is 11.3 Å². The van der Waals surface area contributed by atoms with Crippen molar-refractivity contribution in [2.45, 2.75) is 64.5 Å². The highest BCUT2D eigenvalue weighted by molar-refractivity contribution is 5.85. The van der Waals surface area contributed by atoms with Crippen molar-refractivity contribution >= 4 is 17.5 Å². The quantitative estimate of drug-likeness (QED) is 0.405. The number of halogens is 8. The normalized spacial score (nSPS) is 13.3. The van der Waals surface area contributed by atoms with Gasteiger partial charge in [-0.15, -0.1) is 0 Å². The smallest absolute Gasteiger partial charge is 0.336 e. The summed E-state index contributed by atoms with van der Waals surface area (Å²) >= 11 is 0. The van der Waals surface area contributed by atoms with Crippen molar-refractivity contribution in [3.63, 3.8) is 0 Å². The van der Waals surface area contributed by atoms with Gasteiger partial charge in [0.25, 0.3) is 0 Å². The van der Waals surface area contributed by atoms with Crippen molar-refractivity contribution in [3.05, 3.63) is 0 Å². The molecule has 0 aliphatic heterocycles. The van der Waals surface area contributed by atoms with E-state index >= 15 is 0 Å². The largest absolute Gasteiger partial charge is 0.453 e. The van der Waals surface area contributed by atoms with Gasteiger partial charge in [-0.25, -0.2) is 9.47 Å². The number of carbonyl (C=O) groups excluding carboxylic acids is 3. The molecule has 0 aromatic rings. The molecule has 29 heavy (non-hydrogen) atoms. The van der Waals surface area contributed by atoms with Crippen LogP contribution in [-0.4, -0.2) is 59.9 Å². The van der Waals surface area contributed by atoms with Gasteiger partial charge in [-0.3, -0.25) is 9.59 Å². The monoisotopic (exact) mass is 445 g/mol. The van der Waals surface area contributed by atoms with Crippen molar-refractivity contribution in [3.8, 4) is 0 Å². The lowest BCUT2D eigenvalue weighted by atomic mass is 10.1. The van der Waals surface area contributed by atoms with Crippen LogP contribution in [-0.2, 0) is 23.9 Å². The number of ether oxygens (including phenoxy) is 2. The van der Waals surface area contributed by atoms with Gasteiger partial charge >= 0.3 is 30.3 Å². The minimum absolute atomic E-state index is 0.266. The average Bonchev–Trinajstić information content (AvgIpc) is 2.53. The van der Waals surface area contributed by atoms with Gasteiger partial charge in [0.05, 0.1) is 0 Å². The summed E-state index contributed by atoms with van der Waals surface area (Å²) in [6.45, 7) is 2.56. The van der Waals surface area contributed by atoms with Gasteiger partial charge in [0.1, 0.15) is 5.78 Å². The van der Waals surface area contributed by atoms with E-state index in [1.165, 1.54) is 13.8 Å². The Hall–Kier alpha value is -1.83. The Morgan fingerprint density at radius 2 is 1.17 bits per heavy atom. The van der Waals surface area contributed by atoms with Crippen LogP contribution in [0.4, 0.5) is 35.1 Å². The summed E-state index contributed by atoms with van der Waals surface area (Å²) in [6.07, 6.45) is -25.9. The Bertz CT molecular complexity index is 608. The number of hydrogen-bond acceptors (Lipinski definition) is 5. The summed E-state index contributed by atoms with van der Waals surface area (Å²) in [7, 11) is 0. The van der Waals surface area contributed by atoms with Gasteiger partial charge in [-0.1, -0.05) is 0 Å². The maximum atomic E-state index is 13.5. The first-order valence-electron chi connectivity index (χ1n) is 8.17.